The summed E-state index contributed by atoms with van der Waals surface area (Å²) in [5.74, 6) is 0.632. The summed E-state index contributed by atoms with van der Waals surface area (Å²) in [6, 6.07) is 0. The first-order valence-electron chi connectivity index (χ1n) is 8.14. The molecule has 0 heterocycles. The molecule has 0 radical (unpaired) electrons. The van der Waals surface area contributed by atoms with Gasteiger partial charge >= 0.3 is 0 Å². The van der Waals surface area contributed by atoms with E-state index in [0.717, 1.165) is 19.3 Å². The van der Waals surface area contributed by atoms with Crippen LogP contribution in [-0.4, -0.2) is 11.2 Å². The van der Waals surface area contributed by atoms with E-state index in [2.05, 4.69) is 19.1 Å². The lowest BCUT2D eigenvalue weighted by molar-refractivity contribution is 0.145. The molecule has 0 aromatic heterocycles. The monoisotopic (exact) mass is 252 g/mol. The SMILES string of the molecule is CC1/C=C\CCCCCCCCCCC(O)CC1. The zero-order chi connectivity index (χ0) is 13.1. The van der Waals surface area contributed by atoms with Crippen LogP contribution in [0.3, 0.4) is 0 Å². The van der Waals surface area contributed by atoms with Crippen molar-refractivity contribution < 1.29 is 5.11 Å². The van der Waals surface area contributed by atoms with Crippen LogP contribution in [0.2, 0.25) is 0 Å². The summed E-state index contributed by atoms with van der Waals surface area (Å²) in [6.45, 7) is 2.27. The third-order valence-corrected chi connectivity index (χ3v) is 4.08. The lowest BCUT2D eigenvalue weighted by Crippen LogP contribution is -2.08. The number of rotatable bonds is 0. The minimum Gasteiger partial charge on any atom is -0.393 e. The molecule has 0 spiro atoms. The molecule has 18 heavy (non-hydrogen) atoms. The van der Waals surface area contributed by atoms with Gasteiger partial charge in [-0.05, 0) is 38.0 Å². The molecule has 1 rings (SSSR count). The first kappa shape index (κ1) is 15.8. The third-order valence-electron chi connectivity index (χ3n) is 4.08. The average molecular weight is 252 g/mol. The molecule has 0 saturated carbocycles. The molecule has 1 aliphatic rings. The van der Waals surface area contributed by atoms with Gasteiger partial charge in [0.05, 0.1) is 6.10 Å². The predicted molar refractivity (Wildman–Crippen MR) is 79.7 cm³/mol. The molecule has 2 atom stereocenters. The van der Waals surface area contributed by atoms with Gasteiger partial charge in [-0.2, -0.15) is 0 Å². The summed E-state index contributed by atoms with van der Waals surface area (Å²) in [6.07, 6.45) is 19.9. The van der Waals surface area contributed by atoms with Crippen LogP contribution < -0.4 is 0 Å². The molecule has 0 amide bonds. The Hall–Kier alpha value is -0.300. The molecule has 1 nitrogen and oxygen atoms in total. The van der Waals surface area contributed by atoms with Crippen LogP contribution in [-0.2, 0) is 0 Å². The van der Waals surface area contributed by atoms with Crippen molar-refractivity contribution in [3.05, 3.63) is 12.2 Å². The van der Waals surface area contributed by atoms with Gasteiger partial charge in [0.1, 0.15) is 0 Å². The van der Waals surface area contributed by atoms with Gasteiger partial charge in [0.2, 0.25) is 0 Å². The van der Waals surface area contributed by atoms with Crippen LogP contribution >= 0.6 is 0 Å². The lowest BCUT2D eigenvalue weighted by atomic mass is 9.98. The highest BCUT2D eigenvalue weighted by Gasteiger charge is 2.06. The highest BCUT2D eigenvalue weighted by Crippen LogP contribution is 2.16. The Balaban J connectivity index is 2.27. The van der Waals surface area contributed by atoms with Crippen LogP contribution in [0.25, 0.3) is 0 Å². The zero-order valence-corrected chi connectivity index (χ0v) is 12.2. The van der Waals surface area contributed by atoms with Crippen molar-refractivity contribution in [2.45, 2.75) is 90.1 Å². The Morgan fingerprint density at radius 3 is 2.11 bits per heavy atom. The molecule has 0 saturated heterocycles. The van der Waals surface area contributed by atoms with Crippen molar-refractivity contribution >= 4 is 0 Å². The van der Waals surface area contributed by atoms with Gasteiger partial charge in [-0.25, -0.2) is 0 Å². The number of hydrogen-bond donors (Lipinski definition) is 1. The second-order valence-electron chi connectivity index (χ2n) is 6.04. The Bertz CT molecular complexity index is 210. The van der Waals surface area contributed by atoms with E-state index in [4.69, 9.17) is 0 Å². The average Bonchev–Trinajstić information content (AvgIpc) is 2.36. The van der Waals surface area contributed by atoms with E-state index in [9.17, 15) is 5.11 Å². The maximum absolute atomic E-state index is 9.91. The van der Waals surface area contributed by atoms with Gasteiger partial charge in [0.15, 0.2) is 0 Å². The number of aliphatic hydroxyl groups excluding tert-OH is 1. The number of aliphatic hydroxyl groups is 1. The minimum atomic E-state index is -0.0613. The topological polar surface area (TPSA) is 20.2 Å². The van der Waals surface area contributed by atoms with Gasteiger partial charge in [0.25, 0.3) is 0 Å². The normalized spacial score (nSPS) is 31.9. The maximum Gasteiger partial charge on any atom is 0.0540 e. The summed E-state index contributed by atoms with van der Waals surface area (Å²) in [5, 5.41) is 9.91. The van der Waals surface area contributed by atoms with Gasteiger partial charge in [0, 0.05) is 0 Å². The van der Waals surface area contributed by atoms with Crippen molar-refractivity contribution in [3.8, 4) is 0 Å². The molecule has 0 aliphatic heterocycles. The van der Waals surface area contributed by atoms with Gasteiger partial charge in [-0.15, -0.1) is 0 Å². The molecule has 1 N–H and O–H groups in total. The highest BCUT2D eigenvalue weighted by atomic mass is 16.3. The number of hydrogen-bond acceptors (Lipinski definition) is 1. The van der Waals surface area contributed by atoms with Crippen LogP contribution in [0.1, 0.15) is 84.0 Å². The van der Waals surface area contributed by atoms with Crippen molar-refractivity contribution in [2.75, 3.05) is 0 Å². The van der Waals surface area contributed by atoms with E-state index in [-0.39, 0.29) is 6.10 Å². The molecule has 0 bridgehead atoms. The van der Waals surface area contributed by atoms with Gasteiger partial charge in [-0.1, -0.05) is 64.0 Å². The minimum absolute atomic E-state index is 0.0613. The molecular weight excluding hydrogens is 220 g/mol. The quantitative estimate of drug-likeness (QED) is 0.585. The maximum atomic E-state index is 9.91. The lowest BCUT2D eigenvalue weighted by Gasteiger charge is -2.13. The van der Waals surface area contributed by atoms with E-state index in [1.54, 1.807) is 0 Å². The van der Waals surface area contributed by atoms with E-state index >= 15 is 0 Å². The molecule has 1 heteroatoms. The first-order chi connectivity index (χ1) is 8.79. The summed E-state index contributed by atoms with van der Waals surface area (Å²) < 4.78 is 0. The fraction of sp³-hybridized carbons (Fsp3) is 0.882. The molecule has 0 fully saturated rings. The van der Waals surface area contributed by atoms with E-state index in [1.807, 2.05) is 0 Å². The first-order valence-corrected chi connectivity index (χ1v) is 8.14. The Morgan fingerprint density at radius 1 is 0.778 bits per heavy atom. The van der Waals surface area contributed by atoms with Crippen molar-refractivity contribution in [1.29, 1.82) is 0 Å². The Morgan fingerprint density at radius 2 is 1.39 bits per heavy atom. The molecule has 1 aliphatic carbocycles. The number of allylic oxidation sites excluding steroid dienone is 2. The largest absolute Gasteiger partial charge is 0.393 e. The van der Waals surface area contributed by atoms with Crippen molar-refractivity contribution in [3.63, 3.8) is 0 Å². The Kier molecular flexibility index (Phi) is 9.28. The molecular formula is C17H32O. The van der Waals surface area contributed by atoms with Crippen molar-refractivity contribution in [1.82, 2.24) is 0 Å². The van der Waals surface area contributed by atoms with E-state index in [0.29, 0.717) is 5.92 Å². The molecule has 0 aromatic rings. The fourth-order valence-electron chi connectivity index (χ4n) is 2.73. The summed E-state index contributed by atoms with van der Waals surface area (Å²) in [5.41, 5.74) is 0. The molecule has 0 aromatic carbocycles. The smallest absolute Gasteiger partial charge is 0.0540 e. The van der Waals surface area contributed by atoms with Crippen molar-refractivity contribution in [2.24, 2.45) is 5.92 Å². The Labute approximate surface area is 114 Å². The second-order valence-corrected chi connectivity index (χ2v) is 6.04. The predicted octanol–water partition coefficient (Wildman–Crippen LogP) is 5.23. The second kappa shape index (κ2) is 10.6. The van der Waals surface area contributed by atoms with E-state index in [1.165, 1.54) is 57.8 Å². The van der Waals surface area contributed by atoms with Crippen LogP contribution in [0.15, 0.2) is 12.2 Å². The summed E-state index contributed by atoms with van der Waals surface area (Å²) in [4.78, 5) is 0. The third kappa shape index (κ3) is 8.74. The standard InChI is InChI=1S/C17H32O/c1-16-12-10-8-6-4-2-3-5-7-9-11-13-17(18)15-14-16/h10,12,16-18H,2-9,11,13-15H2,1H3/b12-10-. The van der Waals surface area contributed by atoms with E-state index < -0.39 is 0 Å². The van der Waals surface area contributed by atoms with Gasteiger partial charge in [-0.3, -0.25) is 0 Å². The molecule has 106 valence electrons. The fourth-order valence-corrected chi connectivity index (χ4v) is 2.73. The van der Waals surface area contributed by atoms with Crippen LogP contribution in [0, 0.1) is 5.92 Å². The van der Waals surface area contributed by atoms with Crippen LogP contribution in [0.4, 0.5) is 0 Å². The van der Waals surface area contributed by atoms with Gasteiger partial charge < -0.3 is 5.11 Å². The van der Waals surface area contributed by atoms with Crippen LogP contribution in [0.5, 0.6) is 0 Å². The summed E-state index contributed by atoms with van der Waals surface area (Å²) in [7, 11) is 0. The zero-order valence-electron chi connectivity index (χ0n) is 12.2. The highest BCUT2D eigenvalue weighted by molar-refractivity contribution is 4.86. The molecule has 2 unspecified atom stereocenters. The summed E-state index contributed by atoms with van der Waals surface area (Å²) >= 11 is 0.